The first-order valence-electron chi connectivity index (χ1n) is 10.9. The summed E-state index contributed by atoms with van der Waals surface area (Å²) in [6.07, 6.45) is 13.5. The van der Waals surface area contributed by atoms with Gasteiger partial charge in [-0.3, -0.25) is 6.08 Å². The zero-order valence-electron chi connectivity index (χ0n) is 18.9. The van der Waals surface area contributed by atoms with Gasteiger partial charge in [-0.15, -0.1) is 6.42 Å². The molecule has 0 heterocycles. The second-order valence-corrected chi connectivity index (χ2v) is 9.48. The summed E-state index contributed by atoms with van der Waals surface area (Å²) < 4.78 is 1.42. The molecule has 33 heavy (non-hydrogen) atoms. The van der Waals surface area contributed by atoms with Gasteiger partial charge in [-0.05, 0) is 17.0 Å². The van der Waals surface area contributed by atoms with Crippen molar-refractivity contribution in [1.29, 1.82) is 0 Å². The van der Waals surface area contributed by atoms with Crippen molar-refractivity contribution in [2.45, 2.75) is 25.7 Å². The van der Waals surface area contributed by atoms with E-state index >= 15 is 0 Å². The molecule has 2 aliphatic carbocycles. The van der Waals surface area contributed by atoms with Gasteiger partial charge in [0.2, 0.25) is 0 Å². The number of fused-ring (bicyclic) bond motifs is 1. The van der Waals surface area contributed by atoms with Crippen LogP contribution in [0.4, 0.5) is 0 Å². The fourth-order valence-corrected chi connectivity index (χ4v) is 5.26. The number of halogens is 2. The van der Waals surface area contributed by atoms with Crippen LogP contribution in [0.1, 0.15) is 42.5 Å². The van der Waals surface area contributed by atoms with Crippen LogP contribution in [0.2, 0.25) is 0 Å². The van der Waals surface area contributed by atoms with Crippen LogP contribution in [0.3, 0.4) is 0 Å². The molecule has 3 aromatic rings. The first kappa shape index (κ1) is 27.5. The van der Waals surface area contributed by atoms with E-state index in [1.54, 1.807) is 0 Å². The molecule has 0 fully saturated rings. The van der Waals surface area contributed by atoms with Crippen molar-refractivity contribution in [2.24, 2.45) is 5.92 Å². The van der Waals surface area contributed by atoms with E-state index in [0.29, 0.717) is 5.92 Å². The molecule has 1 unspecified atom stereocenters. The van der Waals surface area contributed by atoms with Gasteiger partial charge in [0, 0.05) is 5.41 Å². The third kappa shape index (κ3) is 5.83. The normalized spacial score (nSPS) is 17.2. The minimum atomic E-state index is 0. The maximum absolute atomic E-state index is 3.52. The Balaban J connectivity index is 0.000000224. The molecule has 0 aliphatic heterocycles. The quantitative estimate of drug-likeness (QED) is 0.428. The molecular formula is C30H27Cl2Zr-3. The molecular weight excluding hydrogens is 522 g/mol. The molecule has 168 valence electrons. The molecule has 0 bridgehead atoms. The standard InChI is InChI=1S/C17H17.C13H10.2ClH.Zr/c1-13(2)17(15-8-4-5-9-15)12-11-14-7-3-6-10-16(14)17;1-3-7-12(8-4-1)11-13-9-5-2-6-10-13;;;/h3-4,6-8,10-13H,5H2,1-2H3;1-10H;2*1H;/q-1;;;;/p-2. The summed E-state index contributed by atoms with van der Waals surface area (Å²) in [4.78, 5) is 0. The molecule has 0 radical (unpaired) electrons. The zero-order valence-corrected chi connectivity index (χ0v) is 22.9. The van der Waals surface area contributed by atoms with Gasteiger partial charge in [0.15, 0.2) is 0 Å². The van der Waals surface area contributed by atoms with Gasteiger partial charge in [-0.25, -0.2) is 11.6 Å². The predicted molar refractivity (Wildman–Crippen MR) is 129 cm³/mol. The third-order valence-electron chi connectivity index (χ3n) is 6.11. The van der Waals surface area contributed by atoms with Crippen molar-refractivity contribution in [3.63, 3.8) is 0 Å². The van der Waals surface area contributed by atoms with Crippen LogP contribution in [0.5, 0.6) is 0 Å². The summed E-state index contributed by atoms with van der Waals surface area (Å²) in [5.74, 6) is 0.549. The maximum atomic E-state index is 3.52. The first-order valence-corrected chi connectivity index (χ1v) is 12.1. The van der Waals surface area contributed by atoms with E-state index in [4.69, 9.17) is 0 Å². The topological polar surface area (TPSA) is 0 Å². The molecule has 0 saturated carbocycles. The number of benzene rings is 3. The Morgan fingerprint density at radius 2 is 1.33 bits per heavy atom. The molecule has 3 aromatic carbocycles. The summed E-state index contributed by atoms with van der Waals surface area (Å²) in [5.41, 5.74) is 6.84. The summed E-state index contributed by atoms with van der Waals surface area (Å²) in [5, 5.41) is 0. The van der Waals surface area contributed by atoms with Gasteiger partial charge < -0.3 is 24.8 Å². The average Bonchev–Trinajstić information content (AvgIpc) is 3.49. The number of hydrogen-bond acceptors (Lipinski definition) is 0. The van der Waals surface area contributed by atoms with Crippen molar-refractivity contribution in [2.75, 3.05) is 0 Å². The van der Waals surface area contributed by atoms with Crippen molar-refractivity contribution in [1.82, 2.24) is 0 Å². The summed E-state index contributed by atoms with van der Waals surface area (Å²) >= 11 is 1.46. The average molecular weight is 550 g/mol. The molecule has 2 aliphatic rings. The van der Waals surface area contributed by atoms with Gasteiger partial charge in [0.1, 0.15) is 0 Å². The fourth-order valence-electron chi connectivity index (χ4n) is 4.44. The van der Waals surface area contributed by atoms with E-state index in [1.165, 1.54) is 55.3 Å². The van der Waals surface area contributed by atoms with Crippen LogP contribution in [-0.4, -0.2) is 3.21 Å². The number of allylic oxidation sites excluding steroid dienone is 5. The van der Waals surface area contributed by atoms with Crippen LogP contribution in [-0.2, 0) is 29.7 Å². The van der Waals surface area contributed by atoms with E-state index < -0.39 is 0 Å². The van der Waals surface area contributed by atoms with Crippen molar-refractivity contribution in [3.05, 3.63) is 137 Å². The Morgan fingerprint density at radius 1 is 0.788 bits per heavy atom. The Hall–Kier alpha value is -1.79. The van der Waals surface area contributed by atoms with Gasteiger partial charge in [-0.2, -0.15) is 6.08 Å². The summed E-state index contributed by atoms with van der Waals surface area (Å²) in [7, 11) is 0. The molecule has 0 spiro atoms. The SMILES string of the molecule is CC(C)C1(C2=[C-]CC=C2)C=Cc2ccccc21.[Cl-].[Cl-].[Zr]=[C](c1ccccc1)c1ccccc1. The van der Waals surface area contributed by atoms with Crippen LogP contribution in [0, 0.1) is 12.0 Å². The van der Waals surface area contributed by atoms with E-state index in [1.807, 2.05) is 0 Å². The minimum absolute atomic E-state index is 0. The van der Waals surface area contributed by atoms with E-state index in [2.05, 4.69) is 129 Å². The second kappa shape index (κ2) is 12.6. The van der Waals surface area contributed by atoms with Gasteiger partial charge >= 0.3 is 99.2 Å². The molecule has 0 saturated heterocycles. The molecule has 3 heteroatoms. The monoisotopic (exact) mass is 547 g/mol. The summed E-state index contributed by atoms with van der Waals surface area (Å²) in [6.45, 7) is 4.60. The molecule has 1 atom stereocenters. The Bertz CT molecular complexity index is 1100. The zero-order chi connectivity index (χ0) is 21.7. The van der Waals surface area contributed by atoms with Gasteiger partial charge in [0.05, 0.1) is 0 Å². The van der Waals surface area contributed by atoms with Crippen LogP contribution >= 0.6 is 0 Å². The van der Waals surface area contributed by atoms with Crippen molar-refractivity contribution < 1.29 is 49.0 Å². The molecule has 0 nitrogen and oxygen atoms in total. The van der Waals surface area contributed by atoms with E-state index in [-0.39, 0.29) is 30.2 Å². The molecule has 0 amide bonds. The molecule has 5 rings (SSSR count). The molecule has 0 N–H and O–H groups in total. The van der Waals surface area contributed by atoms with Gasteiger partial charge in [-0.1, -0.05) is 50.3 Å². The number of rotatable bonds is 4. The van der Waals surface area contributed by atoms with Crippen LogP contribution < -0.4 is 24.8 Å². The first-order chi connectivity index (χ1) is 15.1. The predicted octanol–water partition coefficient (Wildman–Crippen LogP) is 1.11. The Kier molecular flexibility index (Phi) is 10.5. The Morgan fingerprint density at radius 3 is 1.85 bits per heavy atom. The van der Waals surface area contributed by atoms with Gasteiger partial charge in [0.25, 0.3) is 0 Å². The van der Waals surface area contributed by atoms with Crippen molar-refractivity contribution >= 4 is 9.28 Å². The van der Waals surface area contributed by atoms with Crippen molar-refractivity contribution in [3.8, 4) is 0 Å². The van der Waals surface area contributed by atoms with E-state index in [0.717, 1.165) is 6.42 Å². The fraction of sp³-hybridized carbons (Fsp3) is 0.167. The van der Waals surface area contributed by atoms with Crippen LogP contribution in [0.15, 0.2) is 109 Å². The number of hydrogen-bond donors (Lipinski definition) is 0. The Labute approximate surface area is 225 Å². The molecule has 0 aromatic heterocycles. The van der Waals surface area contributed by atoms with E-state index in [9.17, 15) is 0 Å². The van der Waals surface area contributed by atoms with Crippen LogP contribution in [0.25, 0.3) is 6.08 Å². The summed E-state index contributed by atoms with van der Waals surface area (Å²) in [6, 6.07) is 29.8. The second-order valence-electron chi connectivity index (χ2n) is 8.25. The third-order valence-corrected chi connectivity index (χ3v) is 7.53.